The Kier molecular flexibility index (Phi) is 5.13. The van der Waals surface area contributed by atoms with Gasteiger partial charge in [0.15, 0.2) is 0 Å². The van der Waals surface area contributed by atoms with Crippen molar-refractivity contribution in [3.63, 3.8) is 0 Å². The molecular weight excluding hydrogens is 258 g/mol. The number of benzene rings is 1. The van der Waals surface area contributed by atoms with Gasteiger partial charge in [-0.15, -0.1) is 0 Å². The molecule has 1 atom stereocenters. The molecule has 0 heterocycles. The molecule has 0 aliphatic rings. The zero-order valence-electron chi connectivity index (χ0n) is 12.3. The molecule has 0 saturated carbocycles. The molecule has 2 N–H and O–H groups in total. The zero-order chi connectivity index (χ0) is 15.3. The van der Waals surface area contributed by atoms with Crippen LogP contribution in [-0.4, -0.2) is 30.6 Å². The van der Waals surface area contributed by atoms with Gasteiger partial charge in [0.05, 0.1) is 13.0 Å². The van der Waals surface area contributed by atoms with Crippen molar-refractivity contribution in [3.05, 3.63) is 29.8 Å². The molecule has 0 radical (unpaired) electrons. The quantitative estimate of drug-likeness (QED) is 0.864. The molecule has 0 aliphatic carbocycles. The number of nitrogens with one attached hydrogen (secondary N) is 1. The van der Waals surface area contributed by atoms with Crippen LogP contribution >= 0.6 is 0 Å². The molecule has 0 spiro atoms. The number of hydrogen-bond donors (Lipinski definition) is 2. The Bertz CT molecular complexity index is 491. The Morgan fingerprint density at radius 2 is 2.00 bits per heavy atom. The largest absolute Gasteiger partial charge is 0.497 e. The Balaban J connectivity index is 2.85. The molecule has 5 nitrogen and oxygen atoms in total. The third-order valence-electron chi connectivity index (χ3n) is 2.94. The van der Waals surface area contributed by atoms with E-state index in [0.29, 0.717) is 11.3 Å². The summed E-state index contributed by atoms with van der Waals surface area (Å²) in [5.41, 5.74) is 0.0586. The number of carboxylic acid groups (broad SMARTS) is 1. The maximum absolute atomic E-state index is 11.8. The van der Waals surface area contributed by atoms with Crippen molar-refractivity contribution in [2.45, 2.75) is 26.7 Å². The van der Waals surface area contributed by atoms with E-state index >= 15 is 0 Å². The molecule has 1 aromatic carbocycles. The summed E-state index contributed by atoms with van der Waals surface area (Å²) in [6, 6.07) is 6.86. The lowest BCUT2D eigenvalue weighted by molar-refractivity contribution is -0.139. The zero-order valence-corrected chi connectivity index (χ0v) is 12.3. The average molecular weight is 279 g/mol. The van der Waals surface area contributed by atoms with Crippen LogP contribution < -0.4 is 10.1 Å². The highest BCUT2D eigenvalue weighted by Gasteiger charge is 2.25. The summed E-state index contributed by atoms with van der Waals surface area (Å²) < 4.78 is 5.08. The van der Waals surface area contributed by atoms with Crippen molar-refractivity contribution in [2.24, 2.45) is 5.41 Å². The van der Waals surface area contributed by atoms with Gasteiger partial charge >= 0.3 is 5.97 Å². The van der Waals surface area contributed by atoms with Gasteiger partial charge in [-0.25, -0.2) is 0 Å². The number of amides is 1. The minimum atomic E-state index is -0.979. The van der Waals surface area contributed by atoms with E-state index in [1.54, 1.807) is 45.0 Å². The van der Waals surface area contributed by atoms with Crippen LogP contribution in [0.1, 0.15) is 32.3 Å². The molecule has 1 rings (SSSR count). The van der Waals surface area contributed by atoms with Gasteiger partial charge in [0.1, 0.15) is 5.75 Å². The van der Waals surface area contributed by atoms with E-state index in [0.717, 1.165) is 0 Å². The first-order valence-electron chi connectivity index (χ1n) is 6.40. The molecule has 20 heavy (non-hydrogen) atoms. The molecular formula is C15H21NO4. The third kappa shape index (κ3) is 4.26. The van der Waals surface area contributed by atoms with E-state index in [-0.39, 0.29) is 12.5 Å². The first-order chi connectivity index (χ1) is 9.25. The van der Waals surface area contributed by atoms with Crippen LogP contribution in [-0.2, 0) is 9.59 Å². The molecule has 110 valence electrons. The minimum absolute atomic E-state index is 0.0542. The number of ether oxygens (including phenoxy) is 1. The number of methoxy groups -OCH3 is 1. The van der Waals surface area contributed by atoms with E-state index < -0.39 is 17.3 Å². The molecule has 1 unspecified atom stereocenters. The molecule has 0 aliphatic heterocycles. The number of rotatable bonds is 5. The van der Waals surface area contributed by atoms with Gasteiger partial charge in [0, 0.05) is 12.0 Å². The molecule has 1 amide bonds. The van der Waals surface area contributed by atoms with Gasteiger partial charge in [0.2, 0.25) is 5.91 Å². The van der Waals surface area contributed by atoms with Crippen LogP contribution in [0.25, 0.3) is 0 Å². The van der Waals surface area contributed by atoms with Crippen molar-refractivity contribution >= 4 is 11.9 Å². The summed E-state index contributed by atoms with van der Waals surface area (Å²) >= 11 is 0. The van der Waals surface area contributed by atoms with Gasteiger partial charge in [-0.3, -0.25) is 9.59 Å². The van der Waals surface area contributed by atoms with Crippen LogP contribution in [0.3, 0.4) is 0 Å². The number of carboxylic acids is 1. The summed E-state index contributed by atoms with van der Waals surface area (Å²) in [7, 11) is 1.52. The third-order valence-corrected chi connectivity index (χ3v) is 2.94. The van der Waals surface area contributed by atoms with Crippen LogP contribution in [0.15, 0.2) is 24.3 Å². The Hall–Kier alpha value is -2.04. The van der Waals surface area contributed by atoms with Crippen molar-refractivity contribution in [1.29, 1.82) is 0 Å². The molecule has 0 saturated heterocycles. The van der Waals surface area contributed by atoms with Crippen LogP contribution in [0.4, 0.5) is 0 Å². The maximum Gasteiger partial charge on any atom is 0.312 e. The fourth-order valence-electron chi connectivity index (χ4n) is 1.67. The summed E-state index contributed by atoms with van der Waals surface area (Å²) in [4.78, 5) is 23.2. The van der Waals surface area contributed by atoms with Crippen molar-refractivity contribution in [1.82, 2.24) is 5.32 Å². The summed E-state index contributed by atoms with van der Waals surface area (Å²) in [6.45, 7) is 5.40. The Morgan fingerprint density at radius 3 is 2.50 bits per heavy atom. The average Bonchev–Trinajstić information content (AvgIpc) is 2.37. The summed E-state index contributed by atoms with van der Waals surface area (Å²) in [5, 5.41) is 12.0. The second-order valence-corrected chi connectivity index (χ2v) is 5.63. The molecule has 1 aromatic rings. The number of hydrogen-bond acceptors (Lipinski definition) is 3. The number of carbonyl (C=O) groups is 2. The van der Waals surface area contributed by atoms with Crippen molar-refractivity contribution in [2.75, 3.05) is 13.7 Å². The Morgan fingerprint density at radius 1 is 1.35 bits per heavy atom. The second-order valence-electron chi connectivity index (χ2n) is 5.63. The monoisotopic (exact) mass is 279 g/mol. The fraction of sp³-hybridized carbons (Fsp3) is 0.467. The maximum atomic E-state index is 11.8. The van der Waals surface area contributed by atoms with Crippen molar-refractivity contribution < 1.29 is 19.4 Å². The Labute approximate surface area is 118 Å². The smallest absolute Gasteiger partial charge is 0.312 e. The first-order valence-corrected chi connectivity index (χ1v) is 6.40. The van der Waals surface area contributed by atoms with Gasteiger partial charge in [-0.05, 0) is 17.7 Å². The van der Waals surface area contributed by atoms with Gasteiger partial charge in [0.25, 0.3) is 0 Å². The minimum Gasteiger partial charge on any atom is -0.497 e. The van der Waals surface area contributed by atoms with Gasteiger partial charge in [-0.2, -0.15) is 0 Å². The normalized spacial score (nSPS) is 12.6. The summed E-state index contributed by atoms with van der Waals surface area (Å²) in [6.07, 6.45) is 0. The predicted octanol–water partition coefficient (Wildman–Crippen LogP) is 2.03. The highest BCUT2D eigenvalue weighted by molar-refractivity contribution is 5.83. The van der Waals surface area contributed by atoms with Crippen LogP contribution in [0.2, 0.25) is 0 Å². The standard InChI is InChI=1S/C15H21NO4/c1-15(2,3)14(19)16-9-12(13(17)18)10-6-5-7-11(8-10)20-4/h5-8,12H,9H2,1-4H3,(H,16,19)(H,17,18). The van der Waals surface area contributed by atoms with Gasteiger partial charge in [-0.1, -0.05) is 32.9 Å². The van der Waals surface area contributed by atoms with Crippen LogP contribution in [0, 0.1) is 5.41 Å². The van der Waals surface area contributed by atoms with Crippen LogP contribution in [0.5, 0.6) is 5.75 Å². The topological polar surface area (TPSA) is 75.6 Å². The highest BCUT2D eigenvalue weighted by atomic mass is 16.5. The van der Waals surface area contributed by atoms with E-state index in [4.69, 9.17) is 4.74 Å². The van der Waals surface area contributed by atoms with E-state index in [1.807, 2.05) is 0 Å². The second kappa shape index (κ2) is 6.41. The SMILES string of the molecule is COc1cccc(C(CNC(=O)C(C)(C)C)C(=O)O)c1. The lowest BCUT2D eigenvalue weighted by Gasteiger charge is -2.20. The van der Waals surface area contributed by atoms with Crippen molar-refractivity contribution in [3.8, 4) is 5.75 Å². The highest BCUT2D eigenvalue weighted by Crippen LogP contribution is 2.21. The summed E-state index contributed by atoms with van der Waals surface area (Å²) in [5.74, 6) is -1.36. The predicted molar refractivity (Wildman–Crippen MR) is 75.8 cm³/mol. The number of aliphatic carboxylic acids is 1. The van der Waals surface area contributed by atoms with Gasteiger partial charge < -0.3 is 15.2 Å². The molecule has 5 heteroatoms. The number of carbonyl (C=O) groups excluding carboxylic acids is 1. The fourth-order valence-corrected chi connectivity index (χ4v) is 1.67. The molecule has 0 aromatic heterocycles. The lowest BCUT2D eigenvalue weighted by atomic mass is 9.94. The van der Waals surface area contributed by atoms with E-state index in [1.165, 1.54) is 7.11 Å². The van der Waals surface area contributed by atoms with E-state index in [2.05, 4.69) is 5.32 Å². The first kappa shape index (κ1) is 16.0. The lowest BCUT2D eigenvalue weighted by Crippen LogP contribution is -2.38. The van der Waals surface area contributed by atoms with E-state index in [9.17, 15) is 14.7 Å². The molecule has 0 fully saturated rings. The molecule has 0 bridgehead atoms.